The van der Waals surface area contributed by atoms with Crippen molar-refractivity contribution in [3.8, 4) is 0 Å². The summed E-state index contributed by atoms with van der Waals surface area (Å²) in [4.78, 5) is 17.1. The van der Waals surface area contributed by atoms with Crippen molar-refractivity contribution < 1.29 is 0 Å². The quantitative estimate of drug-likeness (QED) is 0.804. The Hall–Kier alpha value is -1.35. The second kappa shape index (κ2) is 4.97. The van der Waals surface area contributed by atoms with Crippen LogP contribution in [0.5, 0.6) is 0 Å². The second-order valence-corrected chi connectivity index (χ2v) is 5.68. The smallest absolute Gasteiger partial charge is 0.261 e. The molecule has 2 aromatic rings. The van der Waals surface area contributed by atoms with Crippen LogP contribution in [0.4, 0.5) is 0 Å². The van der Waals surface area contributed by atoms with E-state index in [0.29, 0.717) is 17.1 Å². The third-order valence-corrected chi connectivity index (χ3v) is 4.20. The fourth-order valence-electron chi connectivity index (χ4n) is 2.61. The van der Waals surface area contributed by atoms with Gasteiger partial charge in [0.05, 0.1) is 16.8 Å². The molecule has 1 aromatic heterocycles. The highest BCUT2D eigenvalue weighted by Gasteiger charge is 2.28. The highest BCUT2D eigenvalue weighted by Crippen LogP contribution is 2.37. The molecule has 1 saturated carbocycles. The van der Waals surface area contributed by atoms with Gasteiger partial charge in [0.2, 0.25) is 0 Å². The summed E-state index contributed by atoms with van der Waals surface area (Å²) >= 11 is 5.96. The molecule has 1 aliphatic carbocycles. The van der Waals surface area contributed by atoms with Crippen molar-refractivity contribution >= 4 is 22.5 Å². The zero-order chi connectivity index (χ0) is 13.4. The molecule has 1 atom stereocenters. The Balaban J connectivity index is 2.10. The normalized spacial score (nSPS) is 16.7. The molecular weight excluding hydrogens is 260 g/mol. The Morgan fingerprint density at radius 2 is 2.16 bits per heavy atom. The minimum Gasteiger partial charge on any atom is -0.295 e. The highest BCUT2D eigenvalue weighted by molar-refractivity contribution is 6.16. The van der Waals surface area contributed by atoms with E-state index >= 15 is 0 Å². The Morgan fingerprint density at radius 3 is 2.84 bits per heavy atom. The minimum absolute atomic E-state index is 0.0359. The van der Waals surface area contributed by atoms with Crippen molar-refractivity contribution in [3.63, 3.8) is 0 Å². The van der Waals surface area contributed by atoms with E-state index < -0.39 is 0 Å². The van der Waals surface area contributed by atoms with Gasteiger partial charge in [0.1, 0.15) is 5.82 Å². The zero-order valence-electron chi connectivity index (χ0n) is 11.0. The fraction of sp³-hybridized carbons (Fsp3) is 0.467. The third-order valence-electron chi connectivity index (χ3n) is 3.96. The van der Waals surface area contributed by atoms with Gasteiger partial charge in [-0.25, -0.2) is 4.98 Å². The molecule has 19 heavy (non-hydrogen) atoms. The van der Waals surface area contributed by atoms with Crippen LogP contribution >= 0.6 is 11.6 Å². The molecule has 3 nitrogen and oxygen atoms in total. The first-order valence-electron chi connectivity index (χ1n) is 6.75. The Kier molecular flexibility index (Phi) is 3.31. The van der Waals surface area contributed by atoms with Gasteiger partial charge in [-0.2, -0.15) is 0 Å². The molecule has 0 saturated heterocycles. The van der Waals surface area contributed by atoms with Crippen LogP contribution < -0.4 is 5.56 Å². The lowest BCUT2D eigenvalue weighted by Gasteiger charge is -2.16. The molecule has 4 heteroatoms. The number of alkyl halides is 1. The topological polar surface area (TPSA) is 34.9 Å². The number of hydrogen-bond donors (Lipinski definition) is 0. The van der Waals surface area contributed by atoms with E-state index in [1.807, 2.05) is 24.3 Å². The van der Waals surface area contributed by atoms with Crippen LogP contribution in [0.25, 0.3) is 10.9 Å². The van der Waals surface area contributed by atoms with E-state index in [1.54, 1.807) is 4.57 Å². The van der Waals surface area contributed by atoms with Crippen molar-refractivity contribution in [3.05, 3.63) is 40.4 Å². The molecule has 3 rings (SSSR count). The summed E-state index contributed by atoms with van der Waals surface area (Å²) in [5.41, 5.74) is 0.771. The number of halogens is 1. The molecule has 1 aromatic carbocycles. The van der Waals surface area contributed by atoms with E-state index in [9.17, 15) is 4.79 Å². The molecule has 0 radical (unpaired) electrons. The molecule has 0 spiro atoms. The van der Waals surface area contributed by atoms with Gasteiger partial charge < -0.3 is 0 Å². The summed E-state index contributed by atoms with van der Waals surface area (Å²) in [6, 6.07) is 7.47. The van der Waals surface area contributed by atoms with Crippen LogP contribution in [-0.2, 0) is 12.4 Å². The lowest BCUT2D eigenvalue weighted by molar-refractivity contribution is 0.415. The van der Waals surface area contributed by atoms with Gasteiger partial charge in [0.15, 0.2) is 0 Å². The summed E-state index contributed by atoms with van der Waals surface area (Å²) < 4.78 is 1.76. The largest absolute Gasteiger partial charge is 0.295 e. The molecule has 100 valence electrons. The average molecular weight is 277 g/mol. The van der Waals surface area contributed by atoms with Crippen LogP contribution in [0.1, 0.15) is 25.6 Å². The maximum absolute atomic E-state index is 12.6. The van der Waals surface area contributed by atoms with Gasteiger partial charge in [0.25, 0.3) is 5.56 Å². The van der Waals surface area contributed by atoms with Gasteiger partial charge in [-0.1, -0.05) is 19.1 Å². The SMILES string of the molecule is CC(Cn1c(CCl)nc2ccccc2c1=O)C1CC1. The summed E-state index contributed by atoms with van der Waals surface area (Å²) in [7, 11) is 0. The maximum atomic E-state index is 12.6. The van der Waals surface area contributed by atoms with Crippen molar-refractivity contribution in [2.24, 2.45) is 11.8 Å². The first-order chi connectivity index (χ1) is 9.20. The lowest BCUT2D eigenvalue weighted by Crippen LogP contribution is -2.28. The van der Waals surface area contributed by atoms with Crippen LogP contribution in [0.15, 0.2) is 29.1 Å². The number of nitrogens with zero attached hydrogens (tertiary/aromatic N) is 2. The third kappa shape index (κ3) is 2.39. The molecule has 1 unspecified atom stereocenters. The van der Waals surface area contributed by atoms with Crippen LogP contribution in [0.2, 0.25) is 0 Å². The lowest BCUT2D eigenvalue weighted by atomic mass is 10.1. The second-order valence-electron chi connectivity index (χ2n) is 5.41. The number of fused-ring (bicyclic) bond motifs is 1. The molecule has 0 bridgehead atoms. The number of aromatic nitrogens is 2. The first kappa shape index (κ1) is 12.7. The number of benzene rings is 1. The number of rotatable bonds is 4. The molecule has 0 N–H and O–H groups in total. The van der Waals surface area contributed by atoms with Crippen molar-refractivity contribution in [1.29, 1.82) is 0 Å². The van der Waals surface area contributed by atoms with Crippen molar-refractivity contribution in [2.45, 2.75) is 32.2 Å². The molecule has 1 heterocycles. The number of para-hydroxylation sites is 1. The van der Waals surface area contributed by atoms with Gasteiger partial charge in [-0.05, 0) is 36.8 Å². The van der Waals surface area contributed by atoms with Crippen molar-refractivity contribution in [1.82, 2.24) is 9.55 Å². The Morgan fingerprint density at radius 1 is 1.42 bits per heavy atom. The summed E-state index contributed by atoms with van der Waals surface area (Å²) in [5, 5.41) is 0.680. The fourth-order valence-corrected chi connectivity index (χ4v) is 2.81. The summed E-state index contributed by atoms with van der Waals surface area (Å²) in [6.07, 6.45) is 2.57. The van der Waals surface area contributed by atoms with E-state index in [1.165, 1.54) is 12.8 Å². The average Bonchev–Trinajstić information content (AvgIpc) is 3.26. The van der Waals surface area contributed by atoms with E-state index in [2.05, 4.69) is 11.9 Å². The van der Waals surface area contributed by atoms with Gasteiger partial charge in [-0.15, -0.1) is 11.6 Å². The minimum atomic E-state index is 0.0359. The van der Waals surface area contributed by atoms with Gasteiger partial charge >= 0.3 is 0 Å². The first-order valence-corrected chi connectivity index (χ1v) is 7.28. The number of hydrogen-bond acceptors (Lipinski definition) is 2. The van der Waals surface area contributed by atoms with Crippen LogP contribution in [0.3, 0.4) is 0 Å². The Bertz CT molecular complexity index is 661. The molecule has 1 fully saturated rings. The van der Waals surface area contributed by atoms with Gasteiger partial charge in [-0.3, -0.25) is 9.36 Å². The summed E-state index contributed by atoms with van der Waals surface area (Å²) in [6.45, 7) is 2.93. The van der Waals surface area contributed by atoms with E-state index in [-0.39, 0.29) is 11.4 Å². The summed E-state index contributed by atoms with van der Waals surface area (Å²) in [5.74, 6) is 2.24. The maximum Gasteiger partial charge on any atom is 0.261 e. The monoisotopic (exact) mass is 276 g/mol. The molecule has 0 aliphatic heterocycles. The van der Waals surface area contributed by atoms with Gasteiger partial charge in [0, 0.05) is 6.54 Å². The van der Waals surface area contributed by atoms with Crippen LogP contribution in [-0.4, -0.2) is 9.55 Å². The predicted molar refractivity (Wildman–Crippen MR) is 77.4 cm³/mol. The molecule has 0 amide bonds. The highest BCUT2D eigenvalue weighted by atomic mass is 35.5. The Labute approximate surface area is 117 Å². The zero-order valence-corrected chi connectivity index (χ0v) is 11.7. The molecule has 1 aliphatic rings. The van der Waals surface area contributed by atoms with E-state index in [4.69, 9.17) is 11.6 Å². The standard InChI is InChI=1S/C15H17ClN2O/c1-10(11-6-7-11)9-18-14(8-16)17-13-5-3-2-4-12(13)15(18)19/h2-5,10-11H,6-9H2,1H3. The van der Waals surface area contributed by atoms with E-state index in [0.717, 1.165) is 18.0 Å². The predicted octanol–water partition coefficient (Wildman–Crippen LogP) is 3.18. The van der Waals surface area contributed by atoms with Crippen LogP contribution in [0, 0.1) is 11.8 Å². The molecular formula is C15H17ClN2O. The van der Waals surface area contributed by atoms with Crippen molar-refractivity contribution in [2.75, 3.05) is 0 Å².